The van der Waals surface area contributed by atoms with Gasteiger partial charge in [0, 0.05) is 12.7 Å². The molecule has 0 N–H and O–H groups in total. The summed E-state index contributed by atoms with van der Waals surface area (Å²) in [5, 5.41) is 0. The number of Topliss-reactive ketones (excluding diaryl/α,β-unsaturated/α-hetero) is 1. The zero-order chi connectivity index (χ0) is 22.5. The number of benzene rings is 3. The fraction of sp³-hybridized carbons (Fsp3) is 0.269. The Morgan fingerprint density at radius 1 is 0.969 bits per heavy atom. The highest BCUT2D eigenvalue weighted by Crippen LogP contribution is 2.51. The Labute approximate surface area is 187 Å². The molecule has 1 heterocycles. The van der Waals surface area contributed by atoms with Crippen LogP contribution in [0.5, 0.6) is 11.5 Å². The molecule has 3 aromatic rings. The largest absolute Gasteiger partial charge is 0.454 e. The van der Waals surface area contributed by atoms with E-state index in [-0.39, 0.29) is 12.6 Å². The highest BCUT2D eigenvalue weighted by molar-refractivity contribution is 7.90. The lowest BCUT2D eigenvalue weighted by molar-refractivity contribution is -0.120. The van der Waals surface area contributed by atoms with Gasteiger partial charge >= 0.3 is 0 Å². The van der Waals surface area contributed by atoms with Crippen molar-refractivity contribution in [1.29, 1.82) is 0 Å². The van der Waals surface area contributed by atoms with Crippen molar-refractivity contribution in [2.45, 2.75) is 36.5 Å². The molecule has 0 spiro atoms. The van der Waals surface area contributed by atoms with Gasteiger partial charge in [-0.3, -0.25) is 4.79 Å². The molecule has 5 rings (SSSR count). The predicted molar refractivity (Wildman–Crippen MR) is 122 cm³/mol. The van der Waals surface area contributed by atoms with Gasteiger partial charge < -0.3 is 9.47 Å². The maximum Gasteiger partial charge on any atom is 0.231 e. The Balaban J connectivity index is 1.41. The first-order valence-electron chi connectivity index (χ1n) is 10.6. The van der Waals surface area contributed by atoms with Crippen LogP contribution in [-0.4, -0.2) is 27.2 Å². The smallest absolute Gasteiger partial charge is 0.231 e. The van der Waals surface area contributed by atoms with Gasteiger partial charge in [-0.15, -0.1) is 0 Å². The summed E-state index contributed by atoms with van der Waals surface area (Å²) < 4.78 is 34.4. The van der Waals surface area contributed by atoms with Crippen molar-refractivity contribution in [1.82, 2.24) is 0 Å². The summed E-state index contributed by atoms with van der Waals surface area (Å²) in [4.78, 5) is 13.7. The zero-order valence-corrected chi connectivity index (χ0v) is 18.9. The van der Waals surface area contributed by atoms with Gasteiger partial charge in [-0.05, 0) is 71.8 Å². The Kier molecular flexibility index (Phi) is 4.86. The van der Waals surface area contributed by atoms with Gasteiger partial charge in [-0.1, -0.05) is 36.4 Å². The highest BCUT2D eigenvalue weighted by atomic mass is 32.2. The van der Waals surface area contributed by atoms with Crippen LogP contribution in [0.15, 0.2) is 65.6 Å². The average molecular weight is 449 g/mol. The molecule has 0 atom stereocenters. The molecule has 2 aliphatic rings. The molecule has 6 heteroatoms. The molecule has 0 unspecified atom stereocenters. The Hall–Kier alpha value is -3.12. The monoisotopic (exact) mass is 448 g/mol. The minimum absolute atomic E-state index is 0.212. The van der Waals surface area contributed by atoms with Crippen LogP contribution in [0.4, 0.5) is 0 Å². The van der Waals surface area contributed by atoms with Crippen LogP contribution in [0, 0.1) is 6.92 Å². The molecule has 32 heavy (non-hydrogen) atoms. The van der Waals surface area contributed by atoms with Gasteiger partial charge in [-0.2, -0.15) is 0 Å². The van der Waals surface area contributed by atoms with Gasteiger partial charge in [-0.25, -0.2) is 8.42 Å². The number of fused-ring (bicyclic) bond motifs is 1. The second-order valence-corrected chi connectivity index (χ2v) is 10.7. The number of carbonyl (C=O) groups is 1. The van der Waals surface area contributed by atoms with E-state index in [4.69, 9.17) is 9.47 Å². The van der Waals surface area contributed by atoms with Gasteiger partial charge in [0.05, 0.1) is 10.3 Å². The normalized spacial score (nSPS) is 16.1. The van der Waals surface area contributed by atoms with Crippen LogP contribution in [0.25, 0.3) is 11.1 Å². The molecule has 1 saturated carbocycles. The molecule has 1 aliphatic heterocycles. The molecule has 1 aliphatic carbocycles. The topological polar surface area (TPSA) is 69.7 Å². The third-order valence-corrected chi connectivity index (χ3v) is 7.73. The SMILES string of the molecule is Cc1c(CC(=O)C2(c3ccc4c(c3)OCO4)CC2)cccc1-c1ccc(S(C)(=O)=O)cc1. The fourth-order valence-corrected chi connectivity index (χ4v) is 5.09. The lowest BCUT2D eigenvalue weighted by Crippen LogP contribution is -2.23. The summed E-state index contributed by atoms with van der Waals surface area (Å²) >= 11 is 0. The Morgan fingerprint density at radius 3 is 2.38 bits per heavy atom. The van der Waals surface area contributed by atoms with Crippen LogP contribution >= 0.6 is 0 Å². The Morgan fingerprint density at radius 2 is 1.69 bits per heavy atom. The highest BCUT2D eigenvalue weighted by Gasteiger charge is 2.50. The first-order valence-corrected chi connectivity index (χ1v) is 12.5. The van der Waals surface area contributed by atoms with Gasteiger partial charge in [0.2, 0.25) is 6.79 Å². The first-order chi connectivity index (χ1) is 15.3. The van der Waals surface area contributed by atoms with E-state index >= 15 is 0 Å². The van der Waals surface area contributed by atoms with Crippen LogP contribution in [-0.2, 0) is 26.5 Å². The van der Waals surface area contributed by atoms with Crippen LogP contribution < -0.4 is 9.47 Å². The van der Waals surface area contributed by atoms with Crippen molar-refractivity contribution in [3.63, 3.8) is 0 Å². The summed E-state index contributed by atoms with van der Waals surface area (Å²) in [5.41, 5.74) is 4.52. The Bertz CT molecular complexity index is 1320. The maximum absolute atomic E-state index is 13.4. The van der Waals surface area contributed by atoms with Crippen molar-refractivity contribution in [3.8, 4) is 22.6 Å². The van der Waals surface area contributed by atoms with Crippen molar-refractivity contribution in [2.24, 2.45) is 0 Å². The quantitative estimate of drug-likeness (QED) is 0.550. The van der Waals surface area contributed by atoms with Gasteiger partial charge in [0.15, 0.2) is 21.3 Å². The summed E-state index contributed by atoms with van der Waals surface area (Å²) in [6.45, 7) is 2.24. The van der Waals surface area contributed by atoms with E-state index in [9.17, 15) is 13.2 Å². The zero-order valence-electron chi connectivity index (χ0n) is 18.1. The first kappa shape index (κ1) is 20.8. The fourth-order valence-electron chi connectivity index (χ4n) is 4.46. The summed E-state index contributed by atoms with van der Waals surface area (Å²) in [6, 6.07) is 18.7. The van der Waals surface area contributed by atoms with Gasteiger partial charge in [0.25, 0.3) is 0 Å². The summed E-state index contributed by atoms with van der Waals surface area (Å²) in [6.07, 6.45) is 3.25. The lowest BCUT2D eigenvalue weighted by Gasteiger charge is -2.17. The van der Waals surface area contributed by atoms with Crippen LogP contribution in [0.2, 0.25) is 0 Å². The van der Waals surface area contributed by atoms with Crippen molar-refractivity contribution in [2.75, 3.05) is 13.0 Å². The number of rotatable bonds is 6. The van der Waals surface area contributed by atoms with E-state index in [1.165, 1.54) is 6.26 Å². The van der Waals surface area contributed by atoms with Gasteiger partial charge in [0.1, 0.15) is 5.78 Å². The average Bonchev–Trinajstić information content (AvgIpc) is 3.45. The molecule has 0 saturated heterocycles. The number of ketones is 1. The van der Waals surface area contributed by atoms with E-state index < -0.39 is 15.3 Å². The molecule has 0 radical (unpaired) electrons. The van der Waals surface area contributed by atoms with E-state index in [0.29, 0.717) is 17.1 Å². The number of hydrogen-bond donors (Lipinski definition) is 0. The number of sulfone groups is 1. The summed E-state index contributed by atoms with van der Waals surface area (Å²) in [5.74, 6) is 1.64. The van der Waals surface area contributed by atoms with Crippen LogP contribution in [0.3, 0.4) is 0 Å². The molecule has 0 aromatic heterocycles. The molecule has 0 bridgehead atoms. The molecule has 0 amide bonds. The summed E-state index contributed by atoms with van der Waals surface area (Å²) in [7, 11) is -3.24. The van der Waals surface area contributed by atoms with E-state index in [0.717, 1.165) is 46.4 Å². The third kappa shape index (κ3) is 3.58. The molecular formula is C26H24O5S. The maximum atomic E-state index is 13.4. The van der Waals surface area contributed by atoms with E-state index in [1.807, 2.05) is 55.5 Å². The van der Waals surface area contributed by atoms with Crippen LogP contribution in [0.1, 0.15) is 29.5 Å². The standard InChI is InChI=1S/C26H24O5S/c1-17-19(4-3-5-22(17)18-6-9-21(10-7-18)32(2,28)29)14-25(27)26(12-13-26)20-8-11-23-24(15-20)31-16-30-23/h3-11,15H,12-14,16H2,1-2H3. The third-order valence-electron chi connectivity index (χ3n) is 6.60. The van der Waals surface area contributed by atoms with Crippen molar-refractivity contribution < 1.29 is 22.7 Å². The molecule has 164 valence electrons. The van der Waals surface area contributed by atoms with Crippen molar-refractivity contribution in [3.05, 3.63) is 77.4 Å². The number of ether oxygens (including phenoxy) is 2. The second kappa shape index (κ2) is 7.48. The molecular weight excluding hydrogens is 424 g/mol. The minimum atomic E-state index is -3.24. The van der Waals surface area contributed by atoms with Crippen molar-refractivity contribution >= 4 is 15.6 Å². The number of carbonyl (C=O) groups excluding carboxylic acids is 1. The minimum Gasteiger partial charge on any atom is -0.454 e. The van der Waals surface area contributed by atoms with E-state index in [1.54, 1.807) is 12.1 Å². The second-order valence-electron chi connectivity index (χ2n) is 8.64. The van der Waals surface area contributed by atoms with E-state index in [2.05, 4.69) is 0 Å². The lowest BCUT2D eigenvalue weighted by atomic mass is 9.86. The molecule has 3 aromatic carbocycles. The molecule has 5 nitrogen and oxygen atoms in total. The molecule has 1 fully saturated rings. The predicted octanol–water partition coefficient (Wildman–Crippen LogP) is 4.64. The number of hydrogen-bond acceptors (Lipinski definition) is 5.